The predicted octanol–water partition coefficient (Wildman–Crippen LogP) is 3.65. The van der Waals surface area contributed by atoms with Crippen LogP contribution < -0.4 is 0 Å². The van der Waals surface area contributed by atoms with Crippen molar-refractivity contribution in [1.29, 1.82) is 0 Å². The lowest BCUT2D eigenvalue weighted by atomic mass is 9.96. The first-order chi connectivity index (χ1) is 11.1. The number of hydrogen-bond donors (Lipinski definition) is 1. The van der Waals surface area contributed by atoms with E-state index in [-0.39, 0.29) is 12.8 Å². The van der Waals surface area contributed by atoms with Gasteiger partial charge in [-0.15, -0.1) is 0 Å². The molecule has 0 saturated carbocycles. The molecule has 9 heteroatoms. The Morgan fingerprint density at radius 1 is 1.21 bits per heavy atom. The van der Waals surface area contributed by atoms with Crippen LogP contribution in [0.5, 0.6) is 0 Å². The van der Waals surface area contributed by atoms with Crippen molar-refractivity contribution >= 4 is 35.1 Å². The summed E-state index contributed by atoms with van der Waals surface area (Å²) in [6.45, 7) is -1.06. The van der Waals surface area contributed by atoms with Crippen LogP contribution in [0.4, 0.5) is 13.2 Å². The van der Waals surface area contributed by atoms with E-state index in [9.17, 15) is 22.8 Å². The topological polar surface area (TPSA) is 57.6 Å². The Hall–Kier alpha value is -1.47. The lowest BCUT2D eigenvalue weighted by Gasteiger charge is -2.18. The van der Waals surface area contributed by atoms with Gasteiger partial charge in [-0.1, -0.05) is 29.3 Å². The molecule has 1 saturated heterocycles. The van der Waals surface area contributed by atoms with E-state index in [1.54, 1.807) is 18.2 Å². The molecule has 1 aromatic rings. The van der Waals surface area contributed by atoms with Gasteiger partial charge < -0.3 is 10.0 Å². The number of likely N-dealkylation sites (tertiary alicyclic amines) is 1. The maximum Gasteiger partial charge on any atom is 0.394 e. The zero-order valence-corrected chi connectivity index (χ0v) is 13.8. The van der Waals surface area contributed by atoms with Gasteiger partial charge in [-0.25, -0.2) is 0 Å². The van der Waals surface area contributed by atoms with E-state index < -0.39 is 43.0 Å². The van der Waals surface area contributed by atoms with Gasteiger partial charge in [-0.3, -0.25) is 9.59 Å². The van der Waals surface area contributed by atoms with E-state index in [0.29, 0.717) is 10.0 Å². The van der Waals surface area contributed by atoms with Gasteiger partial charge in [0.2, 0.25) is 5.91 Å². The molecule has 0 bridgehead atoms. The Bertz CT molecular complexity index is 651. The molecule has 1 amide bonds. The summed E-state index contributed by atoms with van der Waals surface area (Å²) >= 11 is 11.6. The highest BCUT2D eigenvalue weighted by molar-refractivity contribution is 6.42. The summed E-state index contributed by atoms with van der Waals surface area (Å²) in [7, 11) is 0. The van der Waals surface area contributed by atoms with Gasteiger partial charge in [-0.05, 0) is 24.1 Å². The van der Waals surface area contributed by atoms with Gasteiger partial charge in [0.1, 0.15) is 0 Å². The summed E-state index contributed by atoms with van der Waals surface area (Å²) in [5.41, 5.74) is 0.721. The van der Waals surface area contributed by atoms with Crippen molar-refractivity contribution in [2.45, 2.75) is 19.0 Å². The number of nitrogens with zero attached hydrogens (tertiary/aromatic N) is 1. The van der Waals surface area contributed by atoms with Gasteiger partial charge in [-0.2, -0.15) is 13.2 Å². The first kappa shape index (κ1) is 18.9. The molecule has 1 N–H and O–H groups in total. The molecule has 24 heavy (non-hydrogen) atoms. The number of aliphatic carboxylic acids is 1. The van der Waals surface area contributed by atoms with Crippen molar-refractivity contribution in [3.8, 4) is 0 Å². The van der Waals surface area contributed by atoms with Crippen LogP contribution in [0, 0.1) is 11.8 Å². The Labute approximate surface area is 146 Å². The van der Waals surface area contributed by atoms with Gasteiger partial charge in [0.25, 0.3) is 0 Å². The molecular formula is C15H14Cl2F3NO3. The molecular weight excluding hydrogens is 370 g/mol. The van der Waals surface area contributed by atoms with Crippen LogP contribution >= 0.6 is 23.2 Å². The number of carboxylic acid groups (broad SMARTS) is 1. The highest BCUT2D eigenvalue weighted by Crippen LogP contribution is 2.38. The fourth-order valence-corrected chi connectivity index (χ4v) is 3.01. The summed E-state index contributed by atoms with van der Waals surface area (Å²) in [4.78, 5) is 24.1. The molecule has 0 aromatic heterocycles. The SMILES string of the molecule is O=C(O)[C@@H]1CN(C(=O)CCc2ccc(Cl)c(Cl)c2)C[C@H]1C(F)(F)F. The third-order valence-electron chi connectivity index (χ3n) is 4.02. The van der Waals surface area contributed by atoms with E-state index in [4.69, 9.17) is 28.3 Å². The molecule has 0 radical (unpaired) electrons. The van der Waals surface area contributed by atoms with E-state index in [2.05, 4.69) is 0 Å². The van der Waals surface area contributed by atoms with Crippen molar-refractivity contribution in [3.63, 3.8) is 0 Å². The number of halogens is 5. The third kappa shape index (κ3) is 4.33. The van der Waals surface area contributed by atoms with Crippen LogP contribution in [0.1, 0.15) is 12.0 Å². The second kappa shape index (κ2) is 7.19. The predicted molar refractivity (Wildman–Crippen MR) is 82.0 cm³/mol. The van der Waals surface area contributed by atoms with E-state index in [0.717, 1.165) is 10.5 Å². The maximum atomic E-state index is 12.9. The maximum absolute atomic E-state index is 12.9. The molecule has 1 aromatic carbocycles. The number of alkyl halides is 3. The molecule has 2 rings (SSSR count). The fraction of sp³-hybridized carbons (Fsp3) is 0.467. The quantitative estimate of drug-likeness (QED) is 0.863. The summed E-state index contributed by atoms with van der Waals surface area (Å²) in [6, 6.07) is 4.82. The number of benzene rings is 1. The van der Waals surface area contributed by atoms with Crippen LogP contribution in [0.3, 0.4) is 0 Å². The fourth-order valence-electron chi connectivity index (χ4n) is 2.69. The number of amides is 1. The summed E-state index contributed by atoms with van der Waals surface area (Å²) in [6.07, 6.45) is -4.41. The molecule has 0 aliphatic carbocycles. The first-order valence-corrected chi connectivity index (χ1v) is 7.86. The molecule has 2 atom stereocenters. The molecule has 1 aliphatic heterocycles. The average molecular weight is 384 g/mol. The number of hydrogen-bond acceptors (Lipinski definition) is 2. The van der Waals surface area contributed by atoms with Gasteiger partial charge in [0, 0.05) is 19.5 Å². The monoisotopic (exact) mass is 383 g/mol. The third-order valence-corrected chi connectivity index (χ3v) is 4.76. The van der Waals surface area contributed by atoms with Gasteiger partial charge in [0.05, 0.1) is 21.9 Å². The number of carbonyl (C=O) groups excluding carboxylic acids is 1. The number of aryl methyl sites for hydroxylation is 1. The smallest absolute Gasteiger partial charge is 0.394 e. The molecule has 4 nitrogen and oxygen atoms in total. The molecule has 0 unspecified atom stereocenters. The van der Waals surface area contributed by atoms with E-state index in [1.807, 2.05) is 0 Å². The molecule has 1 fully saturated rings. The normalized spacial score (nSPS) is 21.1. The lowest BCUT2D eigenvalue weighted by Crippen LogP contribution is -2.34. The van der Waals surface area contributed by atoms with Crippen molar-refractivity contribution in [3.05, 3.63) is 33.8 Å². The second-order valence-corrected chi connectivity index (χ2v) is 6.45. The zero-order valence-electron chi connectivity index (χ0n) is 12.3. The van der Waals surface area contributed by atoms with Crippen molar-refractivity contribution in [2.24, 2.45) is 11.8 Å². The average Bonchev–Trinajstić information content (AvgIpc) is 2.94. The minimum atomic E-state index is -4.65. The Balaban J connectivity index is 2.00. The van der Waals surface area contributed by atoms with Crippen LogP contribution in [0.15, 0.2) is 18.2 Å². The Kier molecular flexibility index (Phi) is 5.65. The van der Waals surface area contributed by atoms with Crippen LogP contribution in [0.2, 0.25) is 10.0 Å². The van der Waals surface area contributed by atoms with Crippen LogP contribution in [-0.4, -0.2) is 41.1 Å². The molecule has 132 valence electrons. The highest BCUT2D eigenvalue weighted by atomic mass is 35.5. The molecule has 0 spiro atoms. The minimum absolute atomic E-state index is 0.0329. The summed E-state index contributed by atoms with van der Waals surface area (Å²) in [5.74, 6) is -5.72. The van der Waals surface area contributed by atoms with Gasteiger partial charge in [0.15, 0.2) is 0 Å². The van der Waals surface area contributed by atoms with E-state index in [1.165, 1.54) is 0 Å². The van der Waals surface area contributed by atoms with E-state index >= 15 is 0 Å². The number of rotatable bonds is 4. The Morgan fingerprint density at radius 3 is 2.38 bits per heavy atom. The highest BCUT2D eigenvalue weighted by Gasteiger charge is 2.53. The van der Waals surface area contributed by atoms with Crippen molar-refractivity contribution < 1.29 is 27.9 Å². The summed E-state index contributed by atoms with van der Waals surface area (Å²) < 4.78 is 38.7. The van der Waals surface area contributed by atoms with Crippen molar-refractivity contribution in [2.75, 3.05) is 13.1 Å². The van der Waals surface area contributed by atoms with Crippen molar-refractivity contribution in [1.82, 2.24) is 4.90 Å². The number of carboxylic acids is 1. The largest absolute Gasteiger partial charge is 0.481 e. The van der Waals surface area contributed by atoms with Crippen LogP contribution in [-0.2, 0) is 16.0 Å². The lowest BCUT2D eigenvalue weighted by molar-refractivity contribution is -0.188. The number of carbonyl (C=O) groups is 2. The molecule has 1 heterocycles. The first-order valence-electron chi connectivity index (χ1n) is 7.11. The zero-order chi connectivity index (χ0) is 18.1. The minimum Gasteiger partial charge on any atom is -0.481 e. The second-order valence-electron chi connectivity index (χ2n) is 5.64. The van der Waals surface area contributed by atoms with Crippen LogP contribution in [0.25, 0.3) is 0 Å². The summed E-state index contributed by atoms with van der Waals surface area (Å²) in [5, 5.41) is 9.64. The Morgan fingerprint density at radius 2 is 1.88 bits per heavy atom. The molecule has 1 aliphatic rings. The van der Waals surface area contributed by atoms with Gasteiger partial charge >= 0.3 is 12.1 Å². The standard InChI is InChI=1S/C15H14Cl2F3NO3/c16-11-3-1-8(5-12(11)17)2-4-13(22)21-6-9(14(23)24)10(7-21)15(18,19)20/h1,3,5,9-10H,2,4,6-7H2,(H,23,24)/t9-,10-/m1/s1.